The zero-order valence-corrected chi connectivity index (χ0v) is 9.21. The van der Waals surface area contributed by atoms with Gasteiger partial charge in [0.05, 0.1) is 5.69 Å². The van der Waals surface area contributed by atoms with E-state index in [-0.39, 0.29) is 17.5 Å². The van der Waals surface area contributed by atoms with Crippen LogP contribution in [0.5, 0.6) is 0 Å². The fourth-order valence-electron chi connectivity index (χ4n) is 1.94. The Labute approximate surface area is 88.9 Å². The molecule has 0 fully saturated rings. The van der Waals surface area contributed by atoms with Crippen LogP contribution in [0, 0.1) is 0 Å². The van der Waals surface area contributed by atoms with E-state index in [1.807, 2.05) is 13.8 Å². The van der Waals surface area contributed by atoms with Crippen LogP contribution in [0.3, 0.4) is 0 Å². The van der Waals surface area contributed by atoms with Crippen LogP contribution in [0.4, 0.5) is 0 Å². The Morgan fingerprint density at radius 3 is 2.93 bits per heavy atom. The van der Waals surface area contributed by atoms with Crippen molar-refractivity contribution in [2.45, 2.75) is 45.1 Å². The van der Waals surface area contributed by atoms with Gasteiger partial charge in [-0.2, -0.15) is 0 Å². The van der Waals surface area contributed by atoms with E-state index in [2.05, 4.69) is 9.97 Å². The van der Waals surface area contributed by atoms with Gasteiger partial charge < -0.3 is 10.7 Å². The highest BCUT2D eigenvalue weighted by atomic mass is 16.1. The number of nitrogens with two attached hydrogens (primary N) is 1. The zero-order chi connectivity index (χ0) is 11.0. The predicted molar refractivity (Wildman–Crippen MR) is 58.9 cm³/mol. The van der Waals surface area contributed by atoms with Gasteiger partial charge in [0.2, 0.25) is 0 Å². The Bertz CT molecular complexity index is 422. The van der Waals surface area contributed by atoms with Crippen LogP contribution in [0.2, 0.25) is 0 Å². The molecule has 0 saturated carbocycles. The van der Waals surface area contributed by atoms with Crippen molar-refractivity contribution in [1.29, 1.82) is 0 Å². The number of H-pyrrole nitrogens is 1. The molecule has 1 atom stereocenters. The number of hydrogen-bond acceptors (Lipinski definition) is 3. The van der Waals surface area contributed by atoms with E-state index in [4.69, 9.17) is 5.73 Å². The molecule has 0 amide bonds. The quantitative estimate of drug-likeness (QED) is 0.712. The number of aromatic amines is 1. The van der Waals surface area contributed by atoms with Crippen molar-refractivity contribution >= 4 is 0 Å². The van der Waals surface area contributed by atoms with E-state index in [1.165, 1.54) is 0 Å². The van der Waals surface area contributed by atoms with E-state index >= 15 is 0 Å². The van der Waals surface area contributed by atoms with Crippen LogP contribution < -0.4 is 11.3 Å². The molecule has 1 heterocycles. The second kappa shape index (κ2) is 3.77. The summed E-state index contributed by atoms with van der Waals surface area (Å²) in [5.74, 6) is 1.05. The van der Waals surface area contributed by atoms with Gasteiger partial charge in [0.25, 0.3) is 5.56 Å². The maximum Gasteiger partial charge on any atom is 0.254 e. The third-order valence-electron chi connectivity index (χ3n) is 2.88. The van der Waals surface area contributed by atoms with Crippen molar-refractivity contribution in [3.05, 3.63) is 27.4 Å². The zero-order valence-electron chi connectivity index (χ0n) is 9.21. The van der Waals surface area contributed by atoms with Gasteiger partial charge in [0.15, 0.2) is 0 Å². The molecule has 2 rings (SSSR count). The maximum atomic E-state index is 11.8. The van der Waals surface area contributed by atoms with Crippen LogP contribution in [-0.4, -0.2) is 16.0 Å². The monoisotopic (exact) mass is 207 g/mol. The van der Waals surface area contributed by atoms with Crippen molar-refractivity contribution in [3.63, 3.8) is 0 Å². The highest BCUT2D eigenvalue weighted by Crippen LogP contribution is 2.17. The van der Waals surface area contributed by atoms with Crippen LogP contribution in [0.1, 0.15) is 43.3 Å². The summed E-state index contributed by atoms with van der Waals surface area (Å²) in [5, 5.41) is 0. The highest BCUT2D eigenvalue weighted by Gasteiger charge is 2.20. The number of fused-ring (bicyclic) bond motifs is 1. The maximum absolute atomic E-state index is 11.8. The molecule has 0 aliphatic heterocycles. The lowest BCUT2D eigenvalue weighted by molar-refractivity contribution is 0.553. The summed E-state index contributed by atoms with van der Waals surface area (Å²) in [6, 6.07) is 0.116. The molecule has 1 aromatic heterocycles. The molecular weight excluding hydrogens is 190 g/mol. The molecule has 15 heavy (non-hydrogen) atoms. The van der Waals surface area contributed by atoms with Crippen molar-refractivity contribution in [1.82, 2.24) is 9.97 Å². The minimum Gasteiger partial charge on any atom is -0.327 e. The average Bonchev–Trinajstić information content (AvgIpc) is 2.18. The molecule has 4 heteroatoms. The van der Waals surface area contributed by atoms with Crippen LogP contribution in [-0.2, 0) is 12.8 Å². The molecule has 4 nitrogen and oxygen atoms in total. The summed E-state index contributed by atoms with van der Waals surface area (Å²) >= 11 is 0. The Hall–Kier alpha value is -1.16. The van der Waals surface area contributed by atoms with Gasteiger partial charge in [-0.1, -0.05) is 13.8 Å². The number of nitrogens with one attached hydrogen (secondary N) is 1. The summed E-state index contributed by atoms with van der Waals surface area (Å²) in [5.41, 5.74) is 7.57. The highest BCUT2D eigenvalue weighted by molar-refractivity contribution is 5.23. The van der Waals surface area contributed by atoms with Gasteiger partial charge in [-0.3, -0.25) is 4.79 Å². The fraction of sp³-hybridized carbons (Fsp3) is 0.636. The fourth-order valence-corrected chi connectivity index (χ4v) is 1.94. The van der Waals surface area contributed by atoms with E-state index in [9.17, 15) is 4.79 Å². The van der Waals surface area contributed by atoms with Gasteiger partial charge in [-0.15, -0.1) is 0 Å². The Kier molecular flexibility index (Phi) is 2.61. The van der Waals surface area contributed by atoms with Gasteiger partial charge in [-0.25, -0.2) is 4.98 Å². The topological polar surface area (TPSA) is 71.8 Å². The summed E-state index contributed by atoms with van der Waals surface area (Å²) < 4.78 is 0. The van der Waals surface area contributed by atoms with Crippen molar-refractivity contribution in [2.75, 3.05) is 0 Å². The van der Waals surface area contributed by atoms with E-state index in [1.54, 1.807) is 0 Å². The number of nitrogens with zero attached hydrogens (tertiary/aromatic N) is 1. The van der Waals surface area contributed by atoms with Gasteiger partial charge in [0, 0.05) is 17.5 Å². The molecule has 0 radical (unpaired) electrons. The standard InChI is InChI=1S/C11H17N3O/c1-6(2)10-13-9-4-3-7(12)5-8(9)11(15)14-10/h6-7H,3-5,12H2,1-2H3,(H,13,14,15). The largest absolute Gasteiger partial charge is 0.327 e. The Morgan fingerprint density at radius 1 is 1.53 bits per heavy atom. The first-order chi connectivity index (χ1) is 7.08. The van der Waals surface area contributed by atoms with Gasteiger partial charge in [0.1, 0.15) is 5.82 Å². The van der Waals surface area contributed by atoms with Gasteiger partial charge in [-0.05, 0) is 19.3 Å². The van der Waals surface area contributed by atoms with Gasteiger partial charge >= 0.3 is 0 Å². The Balaban J connectivity index is 2.48. The lowest BCUT2D eigenvalue weighted by Gasteiger charge is -2.20. The van der Waals surface area contributed by atoms with Crippen molar-refractivity contribution in [3.8, 4) is 0 Å². The first kappa shape index (κ1) is 10.4. The Morgan fingerprint density at radius 2 is 2.27 bits per heavy atom. The van der Waals surface area contributed by atoms with Crippen LogP contribution >= 0.6 is 0 Å². The lowest BCUT2D eigenvalue weighted by atomic mass is 9.93. The molecule has 0 saturated heterocycles. The molecule has 1 unspecified atom stereocenters. The van der Waals surface area contributed by atoms with Crippen LogP contribution in [0.25, 0.3) is 0 Å². The second-order valence-corrected chi connectivity index (χ2v) is 4.53. The lowest BCUT2D eigenvalue weighted by Crippen LogP contribution is -2.34. The molecule has 3 N–H and O–H groups in total. The molecular formula is C11H17N3O. The number of rotatable bonds is 1. The minimum atomic E-state index is -0.00106. The number of aryl methyl sites for hydroxylation is 1. The summed E-state index contributed by atoms with van der Waals surface area (Å²) in [6.45, 7) is 4.05. The molecule has 0 bridgehead atoms. The summed E-state index contributed by atoms with van der Waals surface area (Å²) in [6.07, 6.45) is 2.43. The molecule has 0 spiro atoms. The number of aromatic nitrogens is 2. The summed E-state index contributed by atoms with van der Waals surface area (Å²) in [7, 11) is 0. The van der Waals surface area contributed by atoms with E-state index < -0.39 is 0 Å². The first-order valence-corrected chi connectivity index (χ1v) is 5.45. The van der Waals surface area contributed by atoms with Crippen LogP contribution in [0.15, 0.2) is 4.79 Å². The number of hydrogen-bond donors (Lipinski definition) is 2. The minimum absolute atomic E-state index is 0.00106. The smallest absolute Gasteiger partial charge is 0.254 e. The van der Waals surface area contributed by atoms with Crippen molar-refractivity contribution in [2.24, 2.45) is 5.73 Å². The van der Waals surface area contributed by atoms with E-state index in [0.29, 0.717) is 6.42 Å². The molecule has 82 valence electrons. The van der Waals surface area contributed by atoms with E-state index in [0.717, 1.165) is 29.9 Å². The second-order valence-electron chi connectivity index (χ2n) is 4.53. The van der Waals surface area contributed by atoms with Crippen molar-refractivity contribution < 1.29 is 0 Å². The third kappa shape index (κ3) is 1.95. The third-order valence-corrected chi connectivity index (χ3v) is 2.88. The SMILES string of the molecule is CC(C)c1nc2c(c(=O)[nH]1)CC(N)CC2. The average molecular weight is 207 g/mol. The predicted octanol–water partition coefficient (Wildman–Crippen LogP) is 0.709. The molecule has 1 aliphatic rings. The summed E-state index contributed by atoms with van der Waals surface area (Å²) in [4.78, 5) is 19.1. The molecule has 1 aliphatic carbocycles. The molecule has 1 aromatic rings. The molecule has 0 aromatic carbocycles. The first-order valence-electron chi connectivity index (χ1n) is 5.45. The normalized spacial score (nSPS) is 20.4.